The van der Waals surface area contributed by atoms with Crippen LogP contribution >= 0.6 is 0 Å². The highest BCUT2D eigenvalue weighted by Gasteiger charge is 2.53. The minimum absolute atomic E-state index is 0.120. The third-order valence-electron chi connectivity index (χ3n) is 6.38. The summed E-state index contributed by atoms with van der Waals surface area (Å²) >= 11 is 0. The highest BCUT2D eigenvalue weighted by atomic mass is 16.2. The number of carbonyl (C=O) groups is 4. The molecular weight excluding hydrogens is 384 g/mol. The van der Waals surface area contributed by atoms with Gasteiger partial charge in [0.25, 0.3) is 0 Å². The molecule has 8 heteroatoms. The van der Waals surface area contributed by atoms with Gasteiger partial charge in [0.15, 0.2) is 0 Å². The zero-order valence-electron chi connectivity index (χ0n) is 20.3. The fourth-order valence-electron chi connectivity index (χ4n) is 5.94. The van der Waals surface area contributed by atoms with E-state index in [4.69, 9.17) is 0 Å². The second-order valence-electron chi connectivity index (χ2n) is 10.9. The SMILES string of the molecule is CC(=O)N1C(C)(C)CN(CCN2CC(C)(C)N(C(C)=O)C(C)(C)C2=O)C(=O)C1(C)C. The van der Waals surface area contributed by atoms with E-state index in [1.54, 1.807) is 47.3 Å². The van der Waals surface area contributed by atoms with Gasteiger partial charge in [0.2, 0.25) is 23.6 Å². The molecule has 8 nitrogen and oxygen atoms in total. The van der Waals surface area contributed by atoms with Gasteiger partial charge in [-0.1, -0.05) is 0 Å². The number of hydrogen-bond donors (Lipinski definition) is 0. The van der Waals surface area contributed by atoms with Crippen molar-refractivity contribution in [2.45, 2.75) is 91.4 Å². The monoisotopic (exact) mass is 422 g/mol. The van der Waals surface area contributed by atoms with Gasteiger partial charge in [0.1, 0.15) is 11.1 Å². The fourth-order valence-corrected chi connectivity index (χ4v) is 5.94. The summed E-state index contributed by atoms with van der Waals surface area (Å²) in [5, 5.41) is 0. The summed E-state index contributed by atoms with van der Waals surface area (Å²) in [6.07, 6.45) is 0. The van der Waals surface area contributed by atoms with E-state index in [-0.39, 0.29) is 23.6 Å². The summed E-state index contributed by atoms with van der Waals surface area (Å²) in [6.45, 7) is 19.5. The van der Waals surface area contributed by atoms with Crippen molar-refractivity contribution in [1.29, 1.82) is 0 Å². The molecule has 0 spiro atoms. The third-order valence-corrected chi connectivity index (χ3v) is 6.38. The van der Waals surface area contributed by atoms with Gasteiger partial charge in [-0.25, -0.2) is 0 Å². The predicted octanol–water partition coefficient (Wildman–Crippen LogP) is 1.48. The second-order valence-corrected chi connectivity index (χ2v) is 10.9. The normalized spacial score (nSPS) is 24.9. The van der Waals surface area contributed by atoms with Gasteiger partial charge in [-0.2, -0.15) is 0 Å². The molecule has 0 unspecified atom stereocenters. The molecule has 0 aliphatic carbocycles. The molecular formula is C22H38N4O4. The highest BCUT2D eigenvalue weighted by Crippen LogP contribution is 2.35. The molecule has 0 radical (unpaired) electrons. The van der Waals surface area contributed by atoms with E-state index < -0.39 is 22.2 Å². The molecule has 2 aliphatic heterocycles. The van der Waals surface area contributed by atoms with Crippen molar-refractivity contribution in [2.24, 2.45) is 0 Å². The molecule has 2 fully saturated rings. The maximum atomic E-state index is 13.2. The fraction of sp³-hybridized carbons (Fsp3) is 0.818. The van der Waals surface area contributed by atoms with Crippen molar-refractivity contribution in [3.05, 3.63) is 0 Å². The van der Waals surface area contributed by atoms with Crippen LogP contribution in [0.1, 0.15) is 69.2 Å². The van der Waals surface area contributed by atoms with Crippen molar-refractivity contribution < 1.29 is 19.2 Å². The van der Waals surface area contributed by atoms with E-state index in [0.717, 1.165) is 0 Å². The molecule has 2 aliphatic rings. The Kier molecular flexibility index (Phi) is 5.83. The van der Waals surface area contributed by atoms with Crippen LogP contribution in [0.4, 0.5) is 0 Å². The standard InChI is InChI=1S/C22H38N4O4/c1-15(27)25-19(3,4)13-23(17(29)21(25,7)8)11-12-24-14-20(5,6)26(16(2)28)22(9,10)18(24)30/h11-14H2,1-10H3. The Balaban J connectivity index is 2.23. The molecule has 30 heavy (non-hydrogen) atoms. The number of carbonyl (C=O) groups excluding carboxylic acids is 4. The molecule has 0 saturated carbocycles. The average Bonchev–Trinajstić information content (AvgIpc) is 2.51. The minimum atomic E-state index is -0.955. The Morgan fingerprint density at radius 1 is 0.667 bits per heavy atom. The molecule has 0 aromatic heterocycles. The lowest BCUT2D eigenvalue weighted by Crippen LogP contribution is -2.74. The van der Waals surface area contributed by atoms with Gasteiger partial charge in [0.05, 0.1) is 11.1 Å². The lowest BCUT2D eigenvalue weighted by atomic mass is 9.86. The Morgan fingerprint density at radius 3 is 1.17 bits per heavy atom. The van der Waals surface area contributed by atoms with Crippen LogP contribution in [-0.4, -0.2) is 91.6 Å². The van der Waals surface area contributed by atoms with Crippen LogP contribution < -0.4 is 0 Å². The van der Waals surface area contributed by atoms with Crippen molar-refractivity contribution in [1.82, 2.24) is 19.6 Å². The smallest absolute Gasteiger partial charge is 0.248 e. The summed E-state index contributed by atoms with van der Waals surface area (Å²) < 4.78 is 0. The van der Waals surface area contributed by atoms with Crippen LogP contribution in [0.15, 0.2) is 0 Å². The number of amides is 4. The number of piperazine rings is 2. The molecule has 0 atom stereocenters. The van der Waals surface area contributed by atoms with Gasteiger partial charge >= 0.3 is 0 Å². The predicted molar refractivity (Wildman–Crippen MR) is 115 cm³/mol. The van der Waals surface area contributed by atoms with Crippen LogP contribution in [0, 0.1) is 0 Å². The van der Waals surface area contributed by atoms with Gasteiger partial charge in [-0.15, -0.1) is 0 Å². The van der Waals surface area contributed by atoms with Gasteiger partial charge in [-0.3, -0.25) is 19.2 Å². The van der Waals surface area contributed by atoms with Crippen molar-refractivity contribution >= 4 is 23.6 Å². The Bertz CT molecular complexity index is 705. The molecule has 170 valence electrons. The molecule has 2 saturated heterocycles. The van der Waals surface area contributed by atoms with Crippen LogP contribution in [0.25, 0.3) is 0 Å². The van der Waals surface area contributed by atoms with Crippen LogP contribution in [0.5, 0.6) is 0 Å². The maximum Gasteiger partial charge on any atom is 0.248 e. The number of rotatable bonds is 3. The number of hydrogen-bond acceptors (Lipinski definition) is 4. The van der Waals surface area contributed by atoms with Gasteiger partial charge in [-0.05, 0) is 55.4 Å². The lowest BCUT2D eigenvalue weighted by molar-refractivity contribution is -0.173. The Hall–Kier alpha value is -2.12. The summed E-state index contributed by atoms with van der Waals surface area (Å²) in [6, 6.07) is 0. The Morgan fingerprint density at radius 2 is 0.933 bits per heavy atom. The van der Waals surface area contributed by atoms with Crippen LogP contribution in [0.3, 0.4) is 0 Å². The van der Waals surface area contributed by atoms with E-state index in [1.807, 2.05) is 27.7 Å². The molecule has 0 aromatic carbocycles. The first kappa shape index (κ1) is 24.2. The van der Waals surface area contributed by atoms with E-state index in [2.05, 4.69) is 0 Å². The summed E-state index contributed by atoms with van der Waals surface area (Å²) in [5.41, 5.74) is -2.94. The maximum absolute atomic E-state index is 13.2. The first-order valence-corrected chi connectivity index (χ1v) is 10.6. The molecule has 2 rings (SSSR count). The average molecular weight is 423 g/mol. The molecule has 0 aromatic rings. The molecule has 2 heterocycles. The van der Waals surface area contributed by atoms with Crippen LogP contribution in [0.2, 0.25) is 0 Å². The molecule has 0 N–H and O–H groups in total. The summed E-state index contributed by atoms with van der Waals surface area (Å²) in [5.74, 6) is -0.496. The second kappa shape index (κ2) is 7.24. The van der Waals surface area contributed by atoms with Crippen molar-refractivity contribution in [2.75, 3.05) is 26.2 Å². The largest absolute Gasteiger partial charge is 0.337 e. The quantitative estimate of drug-likeness (QED) is 0.690. The topological polar surface area (TPSA) is 81.2 Å². The van der Waals surface area contributed by atoms with E-state index >= 15 is 0 Å². The highest BCUT2D eigenvalue weighted by molar-refractivity contribution is 5.93. The van der Waals surface area contributed by atoms with E-state index in [0.29, 0.717) is 26.2 Å². The van der Waals surface area contributed by atoms with Crippen molar-refractivity contribution in [3.8, 4) is 0 Å². The Labute approximate surface area is 180 Å². The van der Waals surface area contributed by atoms with E-state index in [1.165, 1.54) is 13.8 Å². The zero-order chi connectivity index (χ0) is 23.4. The molecule has 0 bridgehead atoms. The zero-order valence-corrected chi connectivity index (χ0v) is 20.3. The summed E-state index contributed by atoms with van der Waals surface area (Å²) in [4.78, 5) is 57.6. The lowest BCUT2D eigenvalue weighted by Gasteiger charge is -2.56. The molecule has 4 amide bonds. The first-order chi connectivity index (χ1) is 13.4. The van der Waals surface area contributed by atoms with E-state index in [9.17, 15) is 19.2 Å². The number of nitrogens with zero attached hydrogens (tertiary/aromatic N) is 4. The first-order valence-electron chi connectivity index (χ1n) is 10.6. The minimum Gasteiger partial charge on any atom is -0.337 e. The van der Waals surface area contributed by atoms with Gasteiger partial charge < -0.3 is 19.6 Å². The van der Waals surface area contributed by atoms with Crippen molar-refractivity contribution in [3.63, 3.8) is 0 Å². The van der Waals surface area contributed by atoms with Crippen LogP contribution in [-0.2, 0) is 19.2 Å². The summed E-state index contributed by atoms with van der Waals surface area (Å²) in [7, 11) is 0. The third kappa shape index (κ3) is 3.81. The van der Waals surface area contributed by atoms with Gasteiger partial charge in [0, 0.05) is 40.0 Å².